The maximum absolute atomic E-state index is 11.1. The van der Waals surface area contributed by atoms with Crippen LogP contribution < -0.4 is 0 Å². The Kier molecular flexibility index (Phi) is 4.89. The highest BCUT2D eigenvalue weighted by atomic mass is 16.6. The fourth-order valence-corrected chi connectivity index (χ4v) is 1.70. The topological polar surface area (TPSA) is 58.9 Å². The van der Waals surface area contributed by atoms with Gasteiger partial charge in [-0.2, -0.15) is 0 Å². The van der Waals surface area contributed by atoms with Crippen molar-refractivity contribution >= 4 is 11.7 Å². The molecule has 0 saturated carbocycles. The minimum atomic E-state index is -1.07. The molecule has 0 saturated heterocycles. The third-order valence-electron chi connectivity index (χ3n) is 2.71. The van der Waals surface area contributed by atoms with Gasteiger partial charge in [0.15, 0.2) is 5.71 Å². The molecule has 0 aliphatic rings. The summed E-state index contributed by atoms with van der Waals surface area (Å²) in [5.41, 5.74) is 1.82. The first kappa shape index (κ1) is 13.8. The molecule has 2 aromatic carbocycles. The van der Waals surface area contributed by atoms with Gasteiger partial charge in [0, 0.05) is 6.42 Å². The average Bonchev–Trinajstić information content (AvgIpc) is 2.48. The third kappa shape index (κ3) is 4.24. The zero-order valence-corrected chi connectivity index (χ0v) is 10.9. The number of benzene rings is 2. The SMILES string of the molecule is O=C(O)/C(Cc1ccccc1)=N\OCc1ccccc1. The first-order valence-electron chi connectivity index (χ1n) is 6.25. The molecular weight excluding hydrogens is 254 g/mol. The second kappa shape index (κ2) is 7.09. The lowest BCUT2D eigenvalue weighted by atomic mass is 10.1. The van der Waals surface area contributed by atoms with Crippen molar-refractivity contribution in [2.75, 3.05) is 0 Å². The Bertz CT molecular complexity index is 579. The van der Waals surface area contributed by atoms with Crippen LogP contribution in [0.1, 0.15) is 11.1 Å². The van der Waals surface area contributed by atoms with Crippen LogP contribution in [0.2, 0.25) is 0 Å². The first-order chi connectivity index (χ1) is 9.75. The maximum Gasteiger partial charge on any atom is 0.354 e. The molecule has 1 N–H and O–H groups in total. The monoisotopic (exact) mass is 269 g/mol. The van der Waals surface area contributed by atoms with E-state index < -0.39 is 5.97 Å². The zero-order valence-electron chi connectivity index (χ0n) is 10.9. The van der Waals surface area contributed by atoms with E-state index in [0.29, 0.717) is 0 Å². The quantitative estimate of drug-likeness (QED) is 0.648. The van der Waals surface area contributed by atoms with Gasteiger partial charge in [0.2, 0.25) is 0 Å². The number of aliphatic carboxylic acids is 1. The summed E-state index contributed by atoms with van der Waals surface area (Å²) < 4.78 is 0. The van der Waals surface area contributed by atoms with Crippen molar-refractivity contribution in [3.8, 4) is 0 Å². The zero-order chi connectivity index (χ0) is 14.2. The molecule has 4 nitrogen and oxygen atoms in total. The number of carbonyl (C=O) groups is 1. The fourth-order valence-electron chi connectivity index (χ4n) is 1.70. The molecule has 0 aliphatic carbocycles. The molecule has 2 aromatic rings. The molecule has 0 heterocycles. The summed E-state index contributed by atoms with van der Waals surface area (Å²) in [6.45, 7) is 0.256. The highest BCUT2D eigenvalue weighted by Gasteiger charge is 2.11. The molecule has 0 unspecified atom stereocenters. The van der Waals surface area contributed by atoms with Gasteiger partial charge in [0.25, 0.3) is 0 Å². The lowest BCUT2D eigenvalue weighted by Crippen LogP contribution is -2.16. The molecule has 0 fully saturated rings. The Balaban J connectivity index is 1.98. The molecule has 0 atom stereocenters. The number of carboxylic acids is 1. The van der Waals surface area contributed by atoms with Gasteiger partial charge in [0.05, 0.1) is 0 Å². The summed E-state index contributed by atoms with van der Waals surface area (Å²) in [5.74, 6) is -1.07. The van der Waals surface area contributed by atoms with Crippen molar-refractivity contribution in [2.45, 2.75) is 13.0 Å². The normalized spacial score (nSPS) is 11.1. The Morgan fingerprint density at radius 1 is 0.950 bits per heavy atom. The van der Waals surface area contributed by atoms with Crippen LogP contribution in [0.4, 0.5) is 0 Å². The molecular formula is C16H15NO3. The predicted octanol–water partition coefficient (Wildman–Crippen LogP) is 2.89. The molecule has 102 valence electrons. The van der Waals surface area contributed by atoms with Crippen LogP contribution in [0.25, 0.3) is 0 Å². The van der Waals surface area contributed by atoms with Crippen molar-refractivity contribution in [2.24, 2.45) is 5.16 Å². The van der Waals surface area contributed by atoms with Crippen LogP contribution >= 0.6 is 0 Å². The predicted molar refractivity (Wildman–Crippen MR) is 76.4 cm³/mol. The average molecular weight is 269 g/mol. The number of nitrogens with zero attached hydrogens (tertiary/aromatic N) is 1. The van der Waals surface area contributed by atoms with Gasteiger partial charge in [-0.15, -0.1) is 0 Å². The van der Waals surface area contributed by atoms with Gasteiger partial charge in [0.1, 0.15) is 6.61 Å². The van der Waals surface area contributed by atoms with Gasteiger partial charge in [-0.3, -0.25) is 0 Å². The van der Waals surface area contributed by atoms with Gasteiger partial charge in [-0.1, -0.05) is 65.8 Å². The van der Waals surface area contributed by atoms with Crippen LogP contribution in [0.3, 0.4) is 0 Å². The van der Waals surface area contributed by atoms with Crippen LogP contribution in [0.5, 0.6) is 0 Å². The highest BCUT2D eigenvalue weighted by Crippen LogP contribution is 2.04. The van der Waals surface area contributed by atoms with Gasteiger partial charge in [-0.25, -0.2) is 4.79 Å². The third-order valence-corrected chi connectivity index (χ3v) is 2.71. The van der Waals surface area contributed by atoms with Crippen LogP contribution in [-0.4, -0.2) is 16.8 Å². The largest absolute Gasteiger partial charge is 0.477 e. The molecule has 4 heteroatoms. The molecule has 0 radical (unpaired) electrons. The standard InChI is InChI=1S/C16H15NO3/c18-16(19)15(11-13-7-3-1-4-8-13)17-20-12-14-9-5-2-6-10-14/h1-10H,11-12H2,(H,18,19)/b17-15-. The van der Waals surface area contributed by atoms with E-state index >= 15 is 0 Å². The van der Waals surface area contributed by atoms with Gasteiger partial charge >= 0.3 is 5.97 Å². The van der Waals surface area contributed by atoms with E-state index in [-0.39, 0.29) is 18.7 Å². The molecule has 0 bridgehead atoms. The summed E-state index contributed by atoms with van der Waals surface area (Å²) in [4.78, 5) is 16.3. The van der Waals surface area contributed by atoms with E-state index in [1.807, 2.05) is 60.7 Å². The molecule has 0 amide bonds. The van der Waals surface area contributed by atoms with Gasteiger partial charge in [-0.05, 0) is 11.1 Å². The second-order valence-electron chi connectivity index (χ2n) is 4.26. The number of hydrogen-bond donors (Lipinski definition) is 1. The number of rotatable bonds is 6. The highest BCUT2D eigenvalue weighted by molar-refractivity contribution is 6.35. The van der Waals surface area contributed by atoms with Crippen molar-refractivity contribution in [1.82, 2.24) is 0 Å². The van der Waals surface area contributed by atoms with E-state index in [0.717, 1.165) is 11.1 Å². The van der Waals surface area contributed by atoms with Crippen molar-refractivity contribution in [3.63, 3.8) is 0 Å². The molecule has 0 spiro atoms. The molecule has 0 aliphatic heterocycles. The Labute approximate surface area is 117 Å². The maximum atomic E-state index is 11.1. The number of oxime groups is 1. The molecule has 0 aromatic heterocycles. The smallest absolute Gasteiger partial charge is 0.354 e. The van der Waals surface area contributed by atoms with E-state index in [9.17, 15) is 4.79 Å². The second-order valence-corrected chi connectivity index (χ2v) is 4.26. The minimum Gasteiger partial charge on any atom is -0.477 e. The van der Waals surface area contributed by atoms with Crippen LogP contribution in [0, 0.1) is 0 Å². The fraction of sp³-hybridized carbons (Fsp3) is 0.125. The summed E-state index contributed by atoms with van der Waals surface area (Å²) in [7, 11) is 0. The molecule has 20 heavy (non-hydrogen) atoms. The van der Waals surface area contributed by atoms with Gasteiger partial charge < -0.3 is 9.94 Å². The summed E-state index contributed by atoms with van der Waals surface area (Å²) in [5, 5.41) is 12.9. The number of carboxylic acid groups (broad SMARTS) is 1. The Hall–Kier alpha value is -2.62. The summed E-state index contributed by atoms with van der Waals surface area (Å²) in [6, 6.07) is 18.8. The van der Waals surface area contributed by atoms with Crippen LogP contribution in [0.15, 0.2) is 65.8 Å². The van der Waals surface area contributed by atoms with Crippen molar-refractivity contribution in [3.05, 3.63) is 71.8 Å². The molecule has 2 rings (SSSR count). The summed E-state index contributed by atoms with van der Waals surface area (Å²) in [6.07, 6.45) is 0.241. The minimum absolute atomic E-state index is 0.00729. The Morgan fingerprint density at radius 2 is 1.50 bits per heavy atom. The Morgan fingerprint density at radius 3 is 2.05 bits per heavy atom. The number of hydrogen-bond acceptors (Lipinski definition) is 3. The van der Waals surface area contributed by atoms with Crippen LogP contribution in [-0.2, 0) is 22.7 Å². The lowest BCUT2D eigenvalue weighted by molar-refractivity contribution is -0.129. The lowest BCUT2D eigenvalue weighted by Gasteiger charge is -2.03. The van der Waals surface area contributed by atoms with Crippen molar-refractivity contribution < 1.29 is 14.7 Å². The first-order valence-corrected chi connectivity index (χ1v) is 6.25. The van der Waals surface area contributed by atoms with E-state index in [1.54, 1.807) is 0 Å². The van der Waals surface area contributed by atoms with E-state index in [2.05, 4.69) is 5.16 Å². The van der Waals surface area contributed by atoms with E-state index in [1.165, 1.54) is 0 Å². The van der Waals surface area contributed by atoms with E-state index in [4.69, 9.17) is 9.94 Å². The van der Waals surface area contributed by atoms with Crippen molar-refractivity contribution in [1.29, 1.82) is 0 Å². The summed E-state index contributed by atoms with van der Waals surface area (Å²) >= 11 is 0.